The molecule has 2 rings (SSSR count). The molecule has 2 aliphatic heterocycles. The van der Waals surface area contributed by atoms with Crippen molar-refractivity contribution in [1.82, 2.24) is 9.80 Å². The van der Waals surface area contributed by atoms with Crippen molar-refractivity contribution in [3.8, 4) is 0 Å². The summed E-state index contributed by atoms with van der Waals surface area (Å²) >= 11 is 0. The van der Waals surface area contributed by atoms with E-state index in [2.05, 4.69) is 4.90 Å². The summed E-state index contributed by atoms with van der Waals surface area (Å²) in [5, 5.41) is 9.24. The van der Waals surface area contributed by atoms with Crippen molar-refractivity contribution in [2.24, 2.45) is 5.92 Å². The highest BCUT2D eigenvalue weighted by Gasteiger charge is 2.35. The first kappa shape index (κ1) is 14.6. The Bertz CT molecular complexity index is 327. The Morgan fingerprint density at radius 1 is 1.26 bits per heavy atom. The van der Waals surface area contributed by atoms with Crippen LogP contribution in [-0.4, -0.2) is 65.4 Å². The third kappa shape index (κ3) is 3.83. The SMILES string of the molecule is CC(C)(C)OC(=O)N1CCN2C[C@H](CO)CC[C@@H]2C1. The highest BCUT2D eigenvalue weighted by Crippen LogP contribution is 2.25. The van der Waals surface area contributed by atoms with Crippen molar-refractivity contribution in [2.45, 2.75) is 45.3 Å². The third-order valence-electron chi connectivity index (χ3n) is 3.92. The summed E-state index contributed by atoms with van der Waals surface area (Å²) in [5.74, 6) is 0.407. The number of piperidine rings is 1. The molecular weight excluding hydrogens is 244 g/mol. The quantitative estimate of drug-likeness (QED) is 0.780. The number of rotatable bonds is 1. The predicted octanol–water partition coefficient (Wildman–Crippen LogP) is 1.31. The minimum absolute atomic E-state index is 0.198. The van der Waals surface area contributed by atoms with E-state index in [-0.39, 0.29) is 12.7 Å². The van der Waals surface area contributed by atoms with E-state index in [0.717, 1.165) is 39.0 Å². The summed E-state index contributed by atoms with van der Waals surface area (Å²) in [6.07, 6.45) is 1.92. The molecule has 2 atom stereocenters. The summed E-state index contributed by atoms with van der Waals surface area (Å²) in [6, 6.07) is 0.434. The second-order valence-corrected chi connectivity index (χ2v) is 6.70. The first-order chi connectivity index (χ1) is 8.89. The van der Waals surface area contributed by atoms with Gasteiger partial charge in [-0.25, -0.2) is 4.79 Å². The molecule has 2 aliphatic rings. The zero-order valence-electron chi connectivity index (χ0n) is 12.3. The number of aliphatic hydroxyl groups is 1. The zero-order valence-corrected chi connectivity index (χ0v) is 12.3. The summed E-state index contributed by atoms with van der Waals surface area (Å²) in [7, 11) is 0. The van der Waals surface area contributed by atoms with Crippen LogP contribution in [-0.2, 0) is 4.74 Å². The number of nitrogens with zero attached hydrogens (tertiary/aromatic N) is 2. The molecule has 19 heavy (non-hydrogen) atoms. The minimum Gasteiger partial charge on any atom is -0.444 e. The summed E-state index contributed by atoms with van der Waals surface area (Å²) < 4.78 is 5.43. The van der Waals surface area contributed by atoms with Crippen LogP contribution in [0.25, 0.3) is 0 Å². The molecule has 1 amide bonds. The van der Waals surface area contributed by atoms with Gasteiger partial charge in [0, 0.05) is 38.8 Å². The molecule has 0 aromatic heterocycles. The van der Waals surface area contributed by atoms with Gasteiger partial charge in [-0.15, -0.1) is 0 Å². The lowest BCUT2D eigenvalue weighted by molar-refractivity contribution is -0.0132. The number of carbonyl (C=O) groups is 1. The fourth-order valence-corrected chi connectivity index (χ4v) is 2.90. The lowest BCUT2D eigenvalue weighted by Gasteiger charge is -2.46. The number of hydrogen-bond acceptors (Lipinski definition) is 4. The average molecular weight is 270 g/mol. The molecular formula is C14H26N2O3. The van der Waals surface area contributed by atoms with E-state index in [9.17, 15) is 9.90 Å². The van der Waals surface area contributed by atoms with Gasteiger partial charge in [-0.05, 0) is 39.5 Å². The van der Waals surface area contributed by atoms with Crippen LogP contribution < -0.4 is 0 Å². The van der Waals surface area contributed by atoms with Gasteiger partial charge in [0.2, 0.25) is 0 Å². The molecule has 0 saturated carbocycles. The van der Waals surface area contributed by atoms with E-state index in [1.54, 1.807) is 0 Å². The first-order valence-corrected chi connectivity index (χ1v) is 7.22. The Kier molecular flexibility index (Phi) is 4.36. The van der Waals surface area contributed by atoms with E-state index in [1.807, 2.05) is 25.7 Å². The van der Waals surface area contributed by atoms with Crippen molar-refractivity contribution in [1.29, 1.82) is 0 Å². The molecule has 110 valence electrons. The Morgan fingerprint density at radius 2 is 2.00 bits per heavy atom. The molecule has 0 radical (unpaired) electrons. The number of ether oxygens (including phenoxy) is 1. The van der Waals surface area contributed by atoms with Crippen molar-refractivity contribution in [3.05, 3.63) is 0 Å². The maximum atomic E-state index is 12.1. The highest BCUT2D eigenvalue weighted by molar-refractivity contribution is 5.68. The van der Waals surface area contributed by atoms with Crippen molar-refractivity contribution >= 4 is 6.09 Å². The largest absolute Gasteiger partial charge is 0.444 e. The van der Waals surface area contributed by atoms with Gasteiger partial charge in [-0.2, -0.15) is 0 Å². The topological polar surface area (TPSA) is 53.0 Å². The van der Waals surface area contributed by atoms with Gasteiger partial charge in [0.15, 0.2) is 0 Å². The summed E-state index contributed by atoms with van der Waals surface area (Å²) in [4.78, 5) is 16.3. The van der Waals surface area contributed by atoms with E-state index >= 15 is 0 Å². The molecule has 2 heterocycles. The van der Waals surface area contributed by atoms with E-state index in [1.165, 1.54) is 0 Å². The molecule has 2 saturated heterocycles. The van der Waals surface area contributed by atoms with Gasteiger partial charge in [0.05, 0.1) is 0 Å². The van der Waals surface area contributed by atoms with Gasteiger partial charge in [0.25, 0.3) is 0 Å². The molecule has 2 fully saturated rings. The number of hydrogen-bond donors (Lipinski definition) is 1. The number of piperazine rings is 1. The lowest BCUT2D eigenvalue weighted by Crippen LogP contribution is -2.58. The molecule has 0 aromatic carbocycles. The predicted molar refractivity (Wildman–Crippen MR) is 73.0 cm³/mol. The molecule has 0 aromatic rings. The maximum Gasteiger partial charge on any atom is 0.410 e. The normalized spacial score (nSPS) is 28.9. The van der Waals surface area contributed by atoms with Gasteiger partial charge in [0.1, 0.15) is 5.60 Å². The minimum atomic E-state index is -0.428. The first-order valence-electron chi connectivity index (χ1n) is 7.22. The molecule has 0 spiro atoms. The van der Waals surface area contributed by atoms with Crippen LogP contribution in [0.1, 0.15) is 33.6 Å². The van der Waals surface area contributed by atoms with E-state index in [0.29, 0.717) is 12.0 Å². The Balaban J connectivity index is 1.87. The zero-order chi connectivity index (χ0) is 14.0. The van der Waals surface area contributed by atoms with Crippen LogP contribution in [0.5, 0.6) is 0 Å². The number of aliphatic hydroxyl groups excluding tert-OH is 1. The Hall–Kier alpha value is -0.810. The summed E-state index contributed by atoms with van der Waals surface area (Å²) in [5.41, 5.74) is -0.428. The smallest absolute Gasteiger partial charge is 0.410 e. The van der Waals surface area contributed by atoms with Gasteiger partial charge in [-0.3, -0.25) is 4.90 Å². The van der Waals surface area contributed by atoms with Gasteiger partial charge < -0.3 is 14.7 Å². The van der Waals surface area contributed by atoms with Crippen molar-refractivity contribution in [3.63, 3.8) is 0 Å². The number of carbonyl (C=O) groups excluding carboxylic acids is 1. The molecule has 1 N–H and O–H groups in total. The standard InChI is InChI=1S/C14H26N2O3/c1-14(2,3)19-13(18)16-7-6-15-8-11(10-17)4-5-12(15)9-16/h11-12,17H,4-10H2,1-3H3/t11-,12-/m1/s1. The second kappa shape index (κ2) is 5.67. The molecule has 5 nitrogen and oxygen atoms in total. The van der Waals surface area contributed by atoms with Gasteiger partial charge >= 0.3 is 6.09 Å². The molecule has 5 heteroatoms. The fourth-order valence-electron chi connectivity index (χ4n) is 2.90. The molecule has 0 aliphatic carbocycles. The Labute approximate surface area is 115 Å². The van der Waals surface area contributed by atoms with Crippen LogP contribution in [0.3, 0.4) is 0 Å². The fraction of sp³-hybridized carbons (Fsp3) is 0.929. The van der Waals surface area contributed by atoms with E-state index < -0.39 is 5.60 Å². The van der Waals surface area contributed by atoms with Crippen molar-refractivity contribution < 1.29 is 14.6 Å². The number of fused-ring (bicyclic) bond motifs is 1. The van der Waals surface area contributed by atoms with Gasteiger partial charge in [-0.1, -0.05) is 0 Å². The van der Waals surface area contributed by atoms with Crippen LogP contribution >= 0.6 is 0 Å². The lowest BCUT2D eigenvalue weighted by atomic mass is 9.92. The van der Waals surface area contributed by atoms with Crippen LogP contribution in [0.4, 0.5) is 4.79 Å². The van der Waals surface area contributed by atoms with Crippen LogP contribution in [0.15, 0.2) is 0 Å². The Morgan fingerprint density at radius 3 is 2.63 bits per heavy atom. The molecule has 0 bridgehead atoms. The third-order valence-corrected chi connectivity index (χ3v) is 3.92. The molecule has 0 unspecified atom stereocenters. The maximum absolute atomic E-state index is 12.1. The summed E-state index contributed by atoms with van der Waals surface area (Å²) in [6.45, 7) is 9.30. The number of amides is 1. The second-order valence-electron chi connectivity index (χ2n) is 6.70. The highest BCUT2D eigenvalue weighted by atomic mass is 16.6. The van der Waals surface area contributed by atoms with Crippen LogP contribution in [0.2, 0.25) is 0 Å². The monoisotopic (exact) mass is 270 g/mol. The van der Waals surface area contributed by atoms with Crippen LogP contribution in [0, 0.1) is 5.92 Å². The van der Waals surface area contributed by atoms with Crippen molar-refractivity contribution in [2.75, 3.05) is 32.8 Å². The van der Waals surface area contributed by atoms with E-state index in [4.69, 9.17) is 4.74 Å². The average Bonchev–Trinajstić information content (AvgIpc) is 2.35.